The van der Waals surface area contributed by atoms with Crippen LogP contribution in [-0.4, -0.2) is 40.3 Å². The molecule has 1 amide bonds. The summed E-state index contributed by atoms with van der Waals surface area (Å²) >= 11 is 0. The molecule has 0 aliphatic heterocycles. The number of benzene rings is 2. The lowest BCUT2D eigenvalue weighted by Gasteiger charge is -2.24. The number of sulfonamides is 1. The Balaban J connectivity index is 1.94. The molecule has 2 rings (SSSR count). The summed E-state index contributed by atoms with van der Waals surface area (Å²) in [5, 5.41) is 2.89. The molecule has 0 saturated carbocycles. The Morgan fingerprint density at radius 1 is 1.03 bits per heavy atom. The van der Waals surface area contributed by atoms with Gasteiger partial charge in [-0.1, -0.05) is 18.2 Å². The van der Waals surface area contributed by atoms with E-state index < -0.39 is 10.0 Å². The van der Waals surface area contributed by atoms with Gasteiger partial charge in [0.05, 0.1) is 25.2 Å². The average Bonchev–Trinajstić information content (AvgIpc) is 2.73. The van der Waals surface area contributed by atoms with E-state index >= 15 is 0 Å². The van der Waals surface area contributed by atoms with Crippen LogP contribution in [0.2, 0.25) is 0 Å². The van der Waals surface area contributed by atoms with Gasteiger partial charge in [0.25, 0.3) is 0 Å². The Bertz CT molecular complexity index is 1020. The van der Waals surface area contributed by atoms with Crippen LogP contribution in [0, 0.1) is 13.8 Å². The minimum Gasteiger partial charge on any atom is -0.490 e. The highest BCUT2D eigenvalue weighted by molar-refractivity contribution is 7.92. The first-order chi connectivity index (χ1) is 15.2. The predicted molar refractivity (Wildman–Crippen MR) is 128 cm³/mol. The van der Waals surface area contributed by atoms with Gasteiger partial charge in [0, 0.05) is 19.5 Å². The van der Waals surface area contributed by atoms with E-state index in [9.17, 15) is 13.2 Å². The fourth-order valence-electron chi connectivity index (χ4n) is 3.35. The van der Waals surface area contributed by atoms with Gasteiger partial charge in [0.1, 0.15) is 0 Å². The normalized spacial score (nSPS) is 11.2. The number of carbonyl (C=O) groups excluding carboxylic acids is 1. The maximum atomic E-state index is 12.4. The van der Waals surface area contributed by atoms with E-state index in [2.05, 4.69) is 5.32 Å². The van der Waals surface area contributed by atoms with Crippen LogP contribution in [0.4, 0.5) is 5.69 Å². The molecule has 0 fully saturated rings. The number of nitrogens with one attached hydrogen (secondary N) is 1. The zero-order valence-electron chi connectivity index (χ0n) is 19.6. The van der Waals surface area contributed by atoms with Crippen LogP contribution in [0.15, 0.2) is 36.4 Å². The first-order valence-corrected chi connectivity index (χ1v) is 12.7. The molecule has 8 heteroatoms. The molecule has 32 heavy (non-hydrogen) atoms. The topological polar surface area (TPSA) is 84.9 Å². The van der Waals surface area contributed by atoms with Crippen molar-refractivity contribution in [1.82, 2.24) is 5.32 Å². The molecule has 0 atom stereocenters. The lowest BCUT2D eigenvalue weighted by Crippen LogP contribution is -2.32. The smallest absolute Gasteiger partial charge is 0.232 e. The summed E-state index contributed by atoms with van der Waals surface area (Å²) in [4.78, 5) is 12.4. The number of anilines is 1. The maximum absolute atomic E-state index is 12.4. The van der Waals surface area contributed by atoms with Crippen LogP contribution in [0.5, 0.6) is 11.5 Å². The van der Waals surface area contributed by atoms with Gasteiger partial charge in [-0.2, -0.15) is 0 Å². The van der Waals surface area contributed by atoms with Crippen LogP contribution >= 0.6 is 0 Å². The molecule has 0 heterocycles. The highest BCUT2D eigenvalue weighted by Gasteiger charge is 2.20. The third kappa shape index (κ3) is 7.15. The first-order valence-electron chi connectivity index (χ1n) is 10.9. The van der Waals surface area contributed by atoms with E-state index in [-0.39, 0.29) is 18.9 Å². The number of hydrogen-bond donors (Lipinski definition) is 1. The lowest BCUT2D eigenvalue weighted by atomic mass is 10.1. The van der Waals surface area contributed by atoms with Gasteiger partial charge in [0.15, 0.2) is 11.5 Å². The second-order valence-electron chi connectivity index (χ2n) is 7.58. The minimum absolute atomic E-state index is 0.133. The van der Waals surface area contributed by atoms with Crippen molar-refractivity contribution in [3.8, 4) is 11.5 Å². The molecule has 0 bridgehead atoms. The number of carbonyl (C=O) groups is 1. The maximum Gasteiger partial charge on any atom is 0.232 e. The summed E-state index contributed by atoms with van der Waals surface area (Å²) < 4.78 is 37.2. The van der Waals surface area contributed by atoms with E-state index in [1.54, 1.807) is 6.07 Å². The van der Waals surface area contributed by atoms with Crippen molar-refractivity contribution < 1.29 is 22.7 Å². The van der Waals surface area contributed by atoms with Gasteiger partial charge >= 0.3 is 0 Å². The summed E-state index contributed by atoms with van der Waals surface area (Å²) in [6, 6.07) is 11.2. The summed E-state index contributed by atoms with van der Waals surface area (Å²) in [6.07, 6.45) is 1.84. The summed E-state index contributed by atoms with van der Waals surface area (Å²) in [6.45, 7) is 9.34. The molecule has 2 aromatic carbocycles. The fraction of sp³-hybridized carbons (Fsp3) is 0.458. The monoisotopic (exact) mass is 462 g/mol. The molecular weight excluding hydrogens is 428 g/mol. The Morgan fingerprint density at radius 2 is 1.72 bits per heavy atom. The highest BCUT2D eigenvalue weighted by atomic mass is 32.2. The van der Waals surface area contributed by atoms with E-state index in [1.807, 2.05) is 58.0 Å². The van der Waals surface area contributed by atoms with Crippen molar-refractivity contribution >= 4 is 21.6 Å². The largest absolute Gasteiger partial charge is 0.490 e. The van der Waals surface area contributed by atoms with Gasteiger partial charge < -0.3 is 14.8 Å². The number of ether oxygens (including phenoxy) is 2. The molecular formula is C24H34N2O5S. The molecule has 2 aromatic rings. The van der Waals surface area contributed by atoms with E-state index in [0.717, 1.165) is 16.7 Å². The summed E-state index contributed by atoms with van der Waals surface area (Å²) in [7, 11) is -3.45. The number of rotatable bonds is 12. The molecule has 0 aromatic heterocycles. The second-order valence-corrected chi connectivity index (χ2v) is 9.49. The van der Waals surface area contributed by atoms with Crippen LogP contribution in [0.1, 0.15) is 43.4 Å². The van der Waals surface area contributed by atoms with Gasteiger partial charge in [-0.25, -0.2) is 8.42 Å². The zero-order chi connectivity index (χ0) is 23.7. The molecule has 176 valence electrons. The minimum atomic E-state index is -3.45. The van der Waals surface area contributed by atoms with Crippen LogP contribution in [0.25, 0.3) is 0 Å². The predicted octanol–water partition coefficient (Wildman–Crippen LogP) is 3.96. The Labute approximate surface area is 191 Å². The van der Waals surface area contributed by atoms with E-state index in [0.29, 0.717) is 43.4 Å². The summed E-state index contributed by atoms with van der Waals surface area (Å²) in [5.74, 6) is 1.20. The fourth-order valence-corrected chi connectivity index (χ4v) is 4.36. The molecule has 1 N–H and O–H groups in total. The van der Waals surface area contributed by atoms with Gasteiger partial charge in [0.2, 0.25) is 15.9 Å². The van der Waals surface area contributed by atoms with Crippen molar-refractivity contribution in [3.05, 3.63) is 53.1 Å². The van der Waals surface area contributed by atoms with Crippen molar-refractivity contribution in [2.75, 3.05) is 30.3 Å². The van der Waals surface area contributed by atoms with E-state index in [4.69, 9.17) is 9.47 Å². The standard InChI is InChI=1S/C24H34N2O5S/c1-6-30-22-14-13-20(16-23(22)31-7-2)17-25-24(27)12-9-15-26(32(5,28)29)21-11-8-10-18(3)19(21)4/h8,10-11,13-14,16H,6-7,9,12,15,17H2,1-5H3,(H,25,27). The van der Waals surface area contributed by atoms with Gasteiger partial charge in [-0.15, -0.1) is 0 Å². The quantitative estimate of drug-likeness (QED) is 0.516. The molecule has 0 spiro atoms. The Hall–Kier alpha value is -2.74. The lowest BCUT2D eigenvalue weighted by molar-refractivity contribution is -0.121. The first kappa shape index (κ1) is 25.5. The van der Waals surface area contributed by atoms with Crippen LogP contribution in [0.3, 0.4) is 0 Å². The molecule has 7 nitrogen and oxygen atoms in total. The average molecular weight is 463 g/mol. The van der Waals surface area contributed by atoms with E-state index in [1.165, 1.54) is 10.6 Å². The third-order valence-corrected chi connectivity index (χ3v) is 6.29. The number of hydrogen-bond acceptors (Lipinski definition) is 5. The zero-order valence-corrected chi connectivity index (χ0v) is 20.4. The van der Waals surface area contributed by atoms with Gasteiger partial charge in [-0.3, -0.25) is 9.10 Å². The number of amides is 1. The van der Waals surface area contributed by atoms with Gasteiger partial charge in [-0.05, 0) is 69.0 Å². The van der Waals surface area contributed by atoms with Crippen LogP contribution < -0.4 is 19.1 Å². The SMILES string of the molecule is CCOc1ccc(CNC(=O)CCCN(c2cccc(C)c2C)S(C)(=O)=O)cc1OCC. The van der Waals surface area contributed by atoms with Crippen molar-refractivity contribution in [2.24, 2.45) is 0 Å². The molecule has 0 aliphatic carbocycles. The highest BCUT2D eigenvalue weighted by Crippen LogP contribution is 2.28. The molecule has 0 saturated heterocycles. The number of nitrogens with zero attached hydrogens (tertiary/aromatic N) is 1. The third-order valence-electron chi connectivity index (χ3n) is 5.11. The second kappa shape index (κ2) is 11.8. The number of aryl methyl sites for hydroxylation is 1. The van der Waals surface area contributed by atoms with Crippen molar-refractivity contribution in [3.63, 3.8) is 0 Å². The Morgan fingerprint density at radius 3 is 2.38 bits per heavy atom. The summed E-state index contributed by atoms with van der Waals surface area (Å²) in [5.41, 5.74) is 3.50. The van der Waals surface area contributed by atoms with Crippen molar-refractivity contribution in [2.45, 2.75) is 47.1 Å². The molecule has 0 unspecified atom stereocenters. The molecule has 0 radical (unpaired) electrons. The molecule has 0 aliphatic rings. The van der Waals surface area contributed by atoms with Crippen LogP contribution in [-0.2, 0) is 21.4 Å². The Kier molecular flexibility index (Phi) is 9.38. The van der Waals surface area contributed by atoms with Crippen molar-refractivity contribution in [1.29, 1.82) is 0 Å².